The van der Waals surface area contributed by atoms with Gasteiger partial charge in [0.05, 0.1) is 0 Å². The van der Waals surface area contributed by atoms with Gasteiger partial charge in [-0.05, 0) is 18.9 Å². The molecule has 0 aliphatic rings. The third kappa shape index (κ3) is 15.2. The van der Waals surface area contributed by atoms with Crippen molar-refractivity contribution in [2.45, 2.75) is 25.7 Å². The van der Waals surface area contributed by atoms with Crippen molar-refractivity contribution in [1.29, 1.82) is 0 Å². The van der Waals surface area contributed by atoms with Crippen LogP contribution in [0.3, 0.4) is 0 Å². The van der Waals surface area contributed by atoms with Crippen LogP contribution >= 0.6 is 24.4 Å². The van der Waals surface area contributed by atoms with Gasteiger partial charge in [-0.25, -0.2) is 4.79 Å². The molecule has 130 valence electrons. The van der Waals surface area contributed by atoms with E-state index in [0.29, 0.717) is 50.3 Å². The third-order valence-corrected chi connectivity index (χ3v) is 3.57. The molecule has 0 fully saturated rings. The Balaban J connectivity index is 3.56. The number of carbonyl (C=O) groups excluding carboxylic acids is 3. The van der Waals surface area contributed by atoms with Gasteiger partial charge < -0.3 is 15.7 Å². The lowest BCUT2D eigenvalue weighted by molar-refractivity contribution is -0.131. The summed E-state index contributed by atoms with van der Waals surface area (Å²) in [6.45, 7) is 0.874. The average Bonchev–Trinajstić information content (AvgIpc) is 2.51. The summed E-state index contributed by atoms with van der Waals surface area (Å²) in [5, 5.41) is 13.3. The molecular formula is C14H22N2O5S2. The maximum Gasteiger partial charge on any atom is 0.328 e. The van der Waals surface area contributed by atoms with Gasteiger partial charge in [0.2, 0.25) is 16.9 Å². The Morgan fingerprint density at radius 3 is 2.04 bits per heavy atom. The predicted molar refractivity (Wildman–Crippen MR) is 92.6 cm³/mol. The highest BCUT2D eigenvalue weighted by Gasteiger charge is 2.04. The first-order valence-corrected chi connectivity index (χ1v) is 8.79. The quantitative estimate of drug-likeness (QED) is 0.230. The van der Waals surface area contributed by atoms with Crippen LogP contribution in [0.25, 0.3) is 0 Å². The molecule has 23 heavy (non-hydrogen) atoms. The standard InChI is InChI=1S/C14H22N2O5S2/c17-11(15-7-9-22)3-1-2-4-12(18)16-8-10-23-14(21)6-5-13(19)20/h5-6,22H,1-4,7-10H2,(H,15,17)(H,16,18)(H,19,20)/b6-5+. The fourth-order valence-electron chi connectivity index (χ4n) is 1.47. The van der Waals surface area contributed by atoms with E-state index in [1.807, 2.05) is 0 Å². The van der Waals surface area contributed by atoms with Crippen LogP contribution in [0.4, 0.5) is 0 Å². The zero-order chi connectivity index (χ0) is 17.5. The summed E-state index contributed by atoms with van der Waals surface area (Å²) in [4.78, 5) is 44.2. The molecule has 0 rings (SSSR count). The highest BCUT2D eigenvalue weighted by molar-refractivity contribution is 8.14. The van der Waals surface area contributed by atoms with Gasteiger partial charge in [0, 0.05) is 43.5 Å². The molecular weight excluding hydrogens is 340 g/mol. The Labute approximate surface area is 145 Å². The number of amides is 2. The van der Waals surface area contributed by atoms with Crippen molar-refractivity contribution in [3.05, 3.63) is 12.2 Å². The van der Waals surface area contributed by atoms with Gasteiger partial charge in [-0.2, -0.15) is 12.6 Å². The zero-order valence-electron chi connectivity index (χ0n) is 12.7. The van der Waals surface area contributed by atoms with E-state index in [2.05, 4.69) is 23.3 Å². The van der Waals surface area contributed by atoms with Gasteiger partial charge in [-0.15, -0.1) is 0 Å². The largest absolute Gasteiger partial charge is 0.478 e. The Morgan fingerprint density at radius 1 is 0.957 bits per heavy atom. The molecule has 0 aromatic carbocycles. The highest BCUT2D eigenvalue weighted by Crippen LogP contribution is 2.03. The van der Waals surface area contributed by atoms with Gasteiger partial charge in [0.15, 0.2) is 0 Å². The predicted octanol–water partition coefficient (Wildman–Crippen LogP) is 0.610. The molecule has 0 saturated heterocycles. The molecule has 0 spiro atoms. The van der Waals surface area contributed by atoms with Crippen LogP contribution in [-0.4, -0.2) is 52.6 Å². The molecule has 0 unspecified atom stereocenters. The summed E-state index contributed by atoms with van der Waals surface area (Å²) in [5.41, 5.74) is 0. The van der Waals surface area contributed by atoms with E-state index in [1.54, 1.807) is 0 Å². The number of thiol groups is 1. The number of hydrogen-bond donors (Lipinski definition) is 4. The molecule has 0 heterocycles. The summed E-state index contributed by atoms with van der Waals surface area (Å²) in [6.07, 6.45) is 3.74. The van der Waals surface area contributed by atoms with E-state index in [-0.39, 0.29) is 16.9 Å². The van der Waals surface area contributed by atoms with Crippen molar-refractivity contribution in [2.24, 2.45) is 0 Å². The van der Waals surface area contributed by atoms with Crippen LogP contribution in [0.1, 0.15) is 25.7 Å². The number of rotatable bonds is 12. The molecule has 0 aromatic heterocycles. The van der Waals surface area contributed by atoms with Crippen LogP contribution in [0.5, 0.6) is 0 Å². The molecule has 9 heteroatoms. The van der Waals surface area contributed by atoms with Gasteiger partial charge in [0.25, 0.3) is 0 Å². The van der Waals surface area contributed by atoms with E-state index in [4.69, 9.17) is 5.11 Å². The van der Waals surface area contributed by atoms with Crippen molar-refractivity contribution < 1.29 is 24.3 Å². The van der Waals surface area contributed by atoms with Crippen LogP contribution in [-0.2, 0) is 19.2 Å². The summed E-state index contributed by atoms with van der Waals surface area (Å²) in [5.74, 6) is -0.369. The van der Waals surface area contributed by atoms with E-state index in [1.165, 1.54) is 0 Å². The van der Waals surface area contributed by atoms with Gasteiger partial charge in [0.1, 0.15) is 0 Å². The van der Waals surface area contributed by atoms with Crippen molar-refractivity contribution in [2.75, 3.05) is 24.6 Å². The first-order chi connectivity index (χ1) is 11.0. The Bertz CT molecular complexity index is 441. The molecule has 0 aliphatic carbocycles. The fraction of sp³-hybridized carbons (Fsp3) is 0.571. The van der Waals surface area contributed by atoms with Crippen LogP contribution < -0.4 is 10.6 Å². The maximum absolute atomic E-state index is 11.5. The fourth-order valence-corrected chi connectivity index (χ4v) is 2.15. The van der Waals surface area contributed by atoms with Crippen molar-refractivity contribution in [3.8, 4) is 0 Å². The summed E-state index contributed by atoms with van der Waals surface area (Å²) in [6, 6.07) is 0. The molecule has 0 radical (unpaired) electrons. The van der Waals surface area contributed by atoms with E-state index in [9.17, 15) is 19.2 Å². The number of carboxylic acid groups (broad SMARTS) is 1. The second-order valence-electron chi connectivity index (χ2n) is 4.47. The molecule has 2 amide bonds. The highest BCUT2D eigenvalue weighted by atomic mass is 32.2. The minimum atomic E-state index is -1.17. The number of nitrogens with one attached hydrogen (secondary N) is 2. The van der Waals surface area contributed by atoms with E-state index >= 15 is 0 Å². The second-order valence-corrected chi connectivity index (χ2v) is 6.02. The smallest absolute Gasteiger partial charge is 0.328 e. The first kappa shape index (κ1) is 21.5. The maximum atomic E-state index is 11.5. The molecule has 0 saturated carbocycles. The third-order valence-electron chi connectivity index (χ3n) is 2.52. The SMILES string of the molecule is O=C(O)/C=C/C(=O)SCCNC(=O)CCCCC(=O)NCCS. The van der Waals surface area contributed by atoms with Crippen molar-refractivity contribution in [1.82, 2.24) is 10.6 Å². The van der Waals surface area contributed by atoms with Crippen LogP contribution in [0.2, 0.25) is 0 Å². The summed E-state index contributed by atoms with van der Waals surface area (Å²) >= 11 is 4.92. The van der Waals surface area contributed by atoms with Gasteiger partial charge >= 0.3 is 5.97 Å². The number of aliphatic carboxylic acids is 1. The normalized spacial score (nSPS) is 10.5. The number of unbranched alkanes of at least 4 members (excludes halogenated alkanes) is 1. The topological polar surface area (TPSA) is 113 Å². The molecule has 7 nitrogen and oxygen atoms in total. The lowest BCUT2D eigenvalue weighted by Gasteiger charge is -2.05. The minimum absolute atomic E-state index is 0.0382. The lowest BCUT2D eigenvalue weighted by atomic mass is 10.2. The number of thioether (sulfide) groups is 1. The Morgan fingerprint density at radius 2 is 1.52 bits per heavy atom. The Kier molecular flexibility index (Phi) is 13.2. The second kappa shape index (κ2) is 14.1. The first-order valence-electron chi connectivity index (χ1n) is 7.17. The van der Waals surface area contributed by atoms with Crippen LogP contribution in [0.15, 0.2) is 12.2 Å². The molecule has 0 aromatic rings. The summed E-state index contributed by atoms with van der Waals surface area (Å²) < 4.78 is 0. The Hall–Kier alpha value is -1.48. The van der Waals surface area contributed by atoms with Gasteiger partial charge in [-0.3, -0.25) is 14.4 Å². The molecule has 0 atom stereocenters. The number of carboxylic acids is 1. The van der Waals surface area contributed by atoms with Gasteiger partial charge in [-0.1, -0.05) is 11.8 Å². The van der Waals surface area contributed by atoms with E-state index < -0.39 is 5.97 Å². The van der Waals surface area contributed by atoms with Crippen molar-refractivity contribution >= 4 is 47.3 Å². The van der Waals surface area contributed by atoms with Crippen LogP contribution in [0, 0.1) is 0 Å². The lowest BCUT2D eigenvalue weighted by Crippen LogP contribution is -2.26. The molecule has 0 bridgehead atoms. The summed E-state index contributed by atoms with van der Waals surface area (Å²) in [7, 11) is 0. The molecule has 3 N–H and O–H groups in total. The average molecular weight is 362 g/mol. The molecule has 0 aliphatic heterocycles. The zero-order valence-corrected chi connectivity index (χ0v) is 14.5. The van der Waals surface area contributed by atoms with E-state index in [0.717, 1.165) is 23.9 Å². The van der Waals surface area contributed by atoms with Crippen molar-refractivity contribution in [3.63, 3.8) is 0 Å². The number of carbonyl (C=O) groups is 4. The number of hydrogen-bond acceptors (Lipinski definition) is 6. The minimum Gasteiger partial charge on any atom is -0.478 e. The monoisotopic (exact) mass is 362 g/mol.